The fraction of sp³-hybridized carbons (Fsp3) is 0.688. The minimum absolute atomic E-state index is 0.418. The highest BCUT2D eigenvalue weighted by Gasteiger charge is 2.15. The predicted molar refractivity (Wildman–Crippen MR) is 83.7 cm³/mol. The summed E-state index contributed by atoms with van der Waals surface area (Å²) in [6.45, 7) is 8.90. The second kappa shape index (κ2) is 9.28. The molecule has 0 aliphatic heterocycles. The molecule has 0 saturated heterocycles. The van der Waals surface area contributed by atoms with Gasteiger partial charge in [-0.2, -0.15) is 17.0 Å². The molecule has 0 spiro atoms. The summed E-state index contributed by atoms with van der Waals surface area (Å²) in [5.74, 6) is 0.730. The van der Waals surface area contributed by atoms with Crippen molar-refractivity contribution in [3.8, 4) is 6.07 Å². The molecule has 0 fully saturated rings. The van der Waals surface area contributed by atoms with Crippen molar-refractivity contribution in [2.24, 2.45) is 5.92 Å². The normalized spacial score (nSPS) is 14.8. The topological polar surface area (TPSA) is 23.8 Å². The Hall–Kier alpha value is -0.680. The first-order chi connectivity index (χ1) is 8.41. The number of nitrogens with zero attached hydrogens (tertiary/aromatic N) is 1. The van der Waals surface area contributed by atoms with Crippen molar-refractivity contribution in [3.05, 3.63) is 23.8 Å². The Balaban J connectivity index is 3.83. The van der Waals surface area contributed by atoms with Crippen LogP contribution in [-0.4, -0.2) is 11.0 Å². The minimum Gasteiger partial charge on any atom is -0.193 e. The van der Waals surface area contributed by atoms with Gasteiger partial charge in [0.05, 0.1) is 6.07 Å². The van der Waals surface area contributed by atoms with Crippen LogP contribution in [0.3, 0.4) is 0 Å². The first kappa shape index (κ1) is 17.3. The van der Waals surface area contributed by atoms with E-state index in [2.05, 4.69) is 33.1 Å². The Morgan fingerprint density at radius 3 is 2.67 bits per heavy atom. The van der Waals surface area contributed by atoms with Gasteiger partial charge < -0.3 is 0 Å². The SMILES string of the molecule is CSC(C)(C)CCCC(C)C/C=C/C(C)=C/C#N. The molecule has 0 aromatic rings. The average Bonchev–Trinajstić information content (AvgIpc) is 2.29. The molecule has 1 atom stereocenters. The van der Waals surface area contributed by atoms with E-state index in [0.717, 1.165) is 17.9 Å². The van der Waals surface area contributed by atoms with E-state index in [1.165, 1.54) is 19.3 Å². The lowest BCUT2D eigenvalue weighted by molar-refractivity contribution is 0.477. The monoisotopic (exact) mass is 265 g/mol. The molecule has 0 aliphatic carbocycles. The van der Waals surface area contributed by atoms with E-state index in [0.29, 0.717) is 4.75 Å². The van der Waals surface area contributed by atoms with E-state index in [9.17, 15) is 0 Å². The highest BCUT2D eigenvalue weighted by atomic mass is 32.2. The molecule has 1 unspecified atom stereocenters. The van der Waals surface area contributed by atoms with Crippen LogP contribution in [0.5, 0.6) is 0 Å². The Labute approximate surface area is 117 Å². The summed E-state index contributed by atoms with van der Waals surface area (Å²) in [5.41, 5.74) is 1.04. The molecule has 0 saturated carbocycles. The lowest BCUT2D eigenvalue weighted by Gasteiger charge is -2.22. The predicted octanol–water partition coefficient (Wildman–Crippen LogP) is 5.35. The minimum atomic E-state index is 0.418. The molecular weight excluding hydrogens is 238 g/mol. The van der Waals surface area contributed by atoms with Gasteiger partial charge in [0.25, 0.3) is 0 Å². The second-order valence-corrected chi connectivity index (χ2v) is 7.13. The van der Waals surface area contributed by atoms with Gasteiger partial charge in [0.15, 0.2) is 0 Å². The molecule has 0 N–H and O–H groups in total. The van der Waals surface area contributed by atoms with E-state index in [1.54, 1.807) is 6.08 Å². The van der Waals surface area contributed by atoms with E-state index < -0.39 is 0 Å². The molecule has 0 aliphatic rings. The maximum atomic E-state index is 8.50. The summed E-state index contributed by atoms with van der Waals surface area (Å²) in [6.07, 6.45) is 13.0. The van der Waals surface area contributed by atoms with E-state index in [-0.39, 0.29) is 0 Å². The molecule has 0 amide bonds. The van der Waals surface area contributed by atoms with Gasteiger partial charge in [-0.1, -0.05) is 45.8 Å². The maximum Gasteiger partial charge on any atom is 0.0914 e. The molecule has 0 aromatic carbocycles. The Morgan fingerprint density at radius 2 is 2.11 bits per heavy atom. The zero-order valence-corrected chi connectivity index (χ0v) is 13.3. The van der Waals surface area contributed by atoms with E-state index in [1.807, 2.05) is 30.8 Å². The zero-order chi connectivity index (χ0) is 14.0. The maximum absolute atomic E-state index is 8.50. The highest BCUT2D eigenvalue weighted by molar-refractivity contribution is 7.99. The fourth-order valence-corrected chi connectivity index (χ4v) is 2.08. The van der Waals surface area contributed by atoms with Crippen LogP contribution in [0.4, 0.5) is 0 Å². The third-order valence-corrected chi connectivity index (χ3v) is 4.55. The van der Waals surface area contributed by atoms with Crippen molar-refractivity contribution in [1.29, 1.82) is 5.26 Å². The molecule has 2 heteroatoms. The molecule has 0 aromatic heterocycles. The molecule has 0 heterocycles. The Kier molecular flexibility index (Phi) is 8.93. The summed E-state index contributed by atoms with van der Waals surface area (Å²) < 4.78 is 0.418. The third kappa shape index (κ3) is 9.36. The molecule has 0 bridgehead atoms. The van der Waals surface area contributed by atoms with Gasteiger partial charge in [-0.25, -0.2) is 0 Å². The van der Waals surface area contributed by atoms with Crippen molar-refractivity contribution in [2.75, 3.05) is 6.26 Å². The van der Waals surface area contributed by atoms with Crippen molar-refractivity contribution >= 4 is 11.8 Å². The molecule has 102 valence electrons. The number of hydrogen-bond acceptors (Lipinski definition) is 2. The van der Waals surface area contributed by atoms with Crippen LogP contribution in [0.1, 0.15) is 53.4 Å². The van der Waals surface area contributed by atoms with E-state index in [4.69, 9.17) is 5.26 Å². The summed E-state index contributed by atoms with van der Waals surface area (Å²) in [6, 6.07) is 2.05. The number of hydrogen-bond donors (Lipinski definition) is 0. The third-order valence-electron chi connectivity index (χ3n) is 3.24. The zero-order valence-electron chi connectivity index (χ0n) is 12.5. The van der Waals surface area contributed by atoms with Crippen LogP contribution in [0.2, 0.25) is 0 Å². The van der Waals surface area contributed by atoms with Gasteiger partial charge in [-0.15, -0.1) is 0 Å². The Bertz CT molecular complexity index is 320. The largest absolute Gasteiger partial charge is 0.193 e. The molecule has 0 radical (unpaired) electrons. The second-order valence-electron chi connectivity index (χ2n) is 5.62. The van der Waals surface area contributed by atoms with Gasteiger partial charge in [0.1, 0.15) is 0 Å². The first-order valence-corrected chi connectivity index (χ1v) is 7.92. The van der Waals surface area contributed by atoms with Crippen LogP contribution >= 0.6 is 11.8 Å². The fourth-order valence-electron chi connectivity index (χ4n) is 1.73. The first-order valence-electron chi connectivity index (χ1n) is 6.69. The summed E-state index contributed by atoms with van der Waals surface area (Å²) in [4.78, 5) is 0. The summed E-state index contributed by atoms with van der Waals surface area (Å²) in [7, 11) is 0. The number of rotatable bonds is 8. The molecule has 1 nitrogen and oxygen atoms in total. The van der Waals surface area contributed by atoms with Crippen LogP contribution in [0, 0.1) is 17.2 Å². The van der Waals surface area contributed by atoms with E-state index >= 15 is 0 Å². The lowest BCUT2D eigenvalue weighted by Crippen LogP contribution is -2.13. The highest BCUT2D eigenvalue weighted by Crippen LogP contribution is 2.28. The quantitative estimate of drug-likeness (QED) is 0.436. The molecular formula is C16H27NS. The van der Waals surface area contributed by atoms with Gasteiger partial charge >= 0.3 is 0 Å². The van der Waals surface area contributed by atoms with Crippen molar-refractivity contribution in [1.82, 2.24) is 0 Å². The Morgan fingerprint density at radius 1 is 1.44 bits per heavy atom. The lowest BCUT2D eigenvalue weighted by atomic mass is 9.96. The molecule has 0 rings (SSSR count). The van der Waals surface area contributed by atoms with Crippen molar-refractivity contribution in [2.45, 2.75) is 58.1 Å². The van der Waals surface area contributed by atoms with Crippen LogP contribution in [0.25, 0.3) is 0 Å². The summed E-state index contributed by atoms with van der Waals surface area (Å²) in [5, 5.41) is 8.50. The number of nitriles is 1. The number of allylic oxidation sites excluding steroid dienone is 4. The van der Waals surface area contributed by atoms with Crippen molar-refractivity contribution < 1.29 is 0 Å². The van der Waals surface area contributed by atoms with Gasteiger partial charge in [0, 0.05) is 10.8 Å². The smallest absolute Gasteiger partial charge is 0.0914 e. The number of thioether (sulfide) groups is 1. The standard InChI is InChI=1S/C16H27NS/c1-14(8-6-9-15(2)11-13-17)10-7-12-16(3,4)18-5/h6,9,11,14H,7-8,10,12H2,1-5H3/b9-6+,15-11+. The van der Waals surface area contributed by atoms with Crippen LogP contribution in [-0.2, 0) is 0 Å². The summed E-state index contributed by atoms with van der Waals surface area (Å²) >= 11 is 1.95. The average molecular weight is 265 g/mol. The van der Waals surface area contributed by atoms with Crippen LogP contribution in [0.15, 0.2) is 23.8 Å². The van der Waals surface area contributed by atoms with Gasteiger partial charge in [-0.05, 0) is 37.5 Å². The van der Waals surface area contributed by atoms with Gasteiger partial charge in [0.2, 0.25) is 0 Å². The van der Waals surface area contributed by atoms with Crippen molar-refractivity contribution in [3.63, 3.8) is 0 Å². The van der Waals surface area contributed by atoms with Crippen LogP contribution < -0.4 is 0 Å². The molecule has 18 heavy (non-hydrogen) atoms. The van der Waals surface area contributed by atoms with Gasteiger partial charge in [-0.3, -0.25) is 0 Å².